The lowest BCUT2D eigenvalue weighted by Crippen LogP contribution is -2.10. The van der Waals surface area contributed by atoms with Crippen molar-refractivity contribution in [1.29, 1.82) is 0 Å². The summed E-state index contributed by atoms with van der Waals surface area (Å²) in [5.74, 6) is 0. The SMILES string of the molecule is CC(C)(C)c1ccc(/C(=C/S(=O)(=O)c2ccccc2)c2cccc3ccccc23)cc1. The maximum atomic E-state index is 13.3. The van der Waals surface area contributed by atoms with E-state index in [1.807, 2.05) is 60.7 Å². The van der Waals surface area contributed by atoms with Gasteiger partial charge in [-0.25, -0.2) is 8.42 Å². The molecule has 0 unspecified atom stereocenters. The predicted octanol–water partition coefficient (Wildman–Crippen LogP) is 7.00. The molecule has 3 heteroatoms. The molecule has 0 aliphatic heterocycles. The molecule has 0 N–H and O–H groups in total. The minimum Gasteiger partial charge on any atom is -0.219 e. The van der Waals surface area contributed by atoms with Crippen molar-refractivity contribution >= 4 is 26.2 Å². The number of hydrogen-bond donors (Lipinski definition) is 0. The number of hydrogen-bond acceptors (Lipinski definition) is 2. The monoisotopic (exact) mass is 426 g/mol. The van der Waals surface area contributed by atoms with Crippen LogP contribution >= 0.6 is 0 Å². The van der Waals surface area contributed by atoms with Gasteiger partial charge in [0.25, 0.3) is 0 Å². The second kappa shape index (κ2) is 8.16. The van der Waals surface area contributed by atoms with Crippen LogP contribution in [0.1, 0.15) is 37.5 Å². The average molecular weight is 427 g/mol. The van der Waals surface area contributed by atoms with Crippen LogP contribution in [0.2, 0.25) is 0 Å². The van der Waals surface area contributed by atoms with E-state index in [1.165, 1.54) is 11.0 Å². The van der Waals surface area contributed by atoms with Crippen LogP contribution in [-0.4, -0.2) is 8.42 Å². The number of sulfone groups is 1. The zero-order valence-electron chi connectivity index (χ0n) is 18.0. The van der Waals surface area contributed by atoms with Crippen molar-refractivity contribution in [2.75, 3.05) is 0 Å². The second-order valence-corrected chi connectivity index (χ2v) is 10.5. The minimum atomic E-state index is -3.63. The fraction of sp³-hybridized carbons (Fsp3) is 0.143. The molecule has 0 fully saturated rings. The molecule has 0 heterocycles. The summed E-state index contributed by atoms with van der Waals surface area (Å²) in [5.41, 5.74) is 3.71. The maximum absolute atomic E-state index is 13.3. The molecule has 0 aliphatic carbocycles. The Hall–Kier alpha value is -3.17. The van der Waals surface area contributed by atoms with Gasteiger partial charge in [-0.1, -0.05) is 106 Å². The molecule has 4 aromatic rings. The van der Waals surface area contributed by atoms with E-state index in [0.717, 1.165) is 21.9 Å². The van der Waals surface area contributed by atoms with Crippen molar-refractivity contribution < 1.29 is 8.42 Å². The molecule has 0 amide bonds. The van der Waals surface area contributed by atoms with Crippen LogP contribution < -0.4 is 0 Å². The molecule has 156 valence electrons. The van der Waals surface area contributed by atoms with Gasteiger partial charge in [0, 0.05) is 11.0 Å². The number of benzene rings is 4. The topological polar surface area (TPSA) is 34.1 Å². The zero-order chi connectivity index (χ0) is 22.1. The molecule has 0 saturated carbocycles. The first-order valence-corrected chi connectivity index (χ1v) is 11.9. The molecule has 0 spiro atoms. The van der Waals surface area contributed by atoms with Gasteiger partial charge in [0.05, 0.1) is 4.90 Å². The van der Waals surface area contributed by atoms with E-state index in [4.69, 9.17) is 0 Å². The molecular weight excluding hydrogens is 400 g/mol. The first-order chi connectivity index (χ1) is 14.8. The third-order valence-electron chi connectivity index (χ3n) is 5.49. The second-order valence-electron chi connectivity index (χ2n) is 8.74. The van der Waals surface area contributed by atoms with Gasteiger partial charge < -0.3 is 0 Å². The van der Waals surface area contributed by atoms with Gasteiger partial charge in [0.15, 0.2) is 9.84 Å². The Morgan fingerprint density at radius 1 is 0.710 bits per heavy atom. The molecule has 2 nitrogen and oxygen atoms in total. The average Bonchev–Trinajstić information content (AvgIpc) is 2.77. The molecule has 0 saturated heterocycles. The van der Waals surface area contributed by atoms with Crippen molar-refractivity contribution in [3.05, 3.63) is 119 Å². The Kier molecular flexibility index (Phi) is 5.55. The Bertz CT molecular complexity index is 1340. The fourth-order valence-electron chi connectivity index (χ4n) is 3.73. The van der Waals surface area contributed by atoms with Crippen LogP contribution in [0.5, 0.6) is 0 Å². The molecule has 4 rings (SSSR count). The Labute approximate surface area is 184 Å². The highest BCUT2D eigenvalue weighted by Crippen LogP contribution is 2.33. The van der Waals surface area contributed by atoms with Crippen LogP contribution in [-0.2, 0) is 15.3 Å². The summed E-state index contributed by atoms with van der Waals surface area (Å²) in [6.45, 7) is 6.51. The standard InChI is InChI=1S/C28H26O2S/c1-28(2,3)23-18-16-22(17-19-23)27(20-31(29,30)24-12-5-4-6-13-24)26-15-9-11-21-10-7-8-14-25(21)26/h4-20H,1-3H3/b27-20-. The van der Waals surface area contributed by atoms with Crippen LogP contribution in [0.15, 0.2) is 107 Å². The lowest BCUT2D eigenvalue weighted by Gasteiger charge is -2.20. The van der Waals surface area contributed by atoms with E-state index < -0.39 is 9.84 Å². The third kappa shape index (κ3) is 4.47. The maximum Gasteiger partial charge on any atom is 0.200 e. The molecule has 31 heavy (non-hydrogen) atoms. The Balaban J connectivity index is 1.95. The van der Waals surface area contributed by atoms with Gasteiger partial charge >= 0.3 is 0 Å². The smallest absolute Gasteiger partial charge is 0.200 e. The first-order valence-electron chi connectivity index (χ1n) is 10.4. The van der Waals surface area contributed by atoms with E-state index in [1.54, 1.807) is 24.3 Å². The Morgan fingerprint density at radius 3 is 2.00 bits per heavy atom. The van der Waals surface area contributed by atoms with Gasteiger partial charge in [-0.2, -0.15) is 0 Å². The lowest BCUT2D eigenvalue weighted by atomic mass is 9.85. The highest BCUT2D eigenvalue weighted by Gasteiger charge is 2.18. The summed E-state index contributed by atoms with van der Waals surface area (Å²) < 4.78 is 26.6. The summed E-state index contributed by atoms with van der Waals surface area (Å²) in [6.07, 6.45) is 0. The highest BCUT2D eigenvalue weighted by atomic mass is 32.2. The normalized spacial score (nSPS) is 12.8. The van der Waals surface area contributed by atoms with E-state index >= 15 is 0 Å². The van der Waals surface area contributed by atoms with E-state index in [9.17, 15) is 8.42 Å². The first kappa shape index (κ1) is 21.1. The van der Waals surface area contributed by atoms with Gasteiger partial charge in [0.1, 0.15) is 0 Å². The zero-order valence-corrected chi connectivity index (χ0v) is 18.9. The predicted molar refractivity (Wildman–Crippen MR) is 130 cm³/mol. The quantitative estimate of drug-likeness (QED) is 0.352. The van der Waals surface area contributed by atoms with Gasteiger partial charge in [-0.05, 0) is 45.0 Å². The van der Waals surface area contributed by atoms with Crippen LogP contribution in [0, 0.1) is 0 Å². The van der Waals surface area contributed by atoms with Gasteiger partial charge in [-0.15, -0.1) is 0 Å². The molecule has 0 aliphatic rings. The van der Waals surface area contributed by atoms with Crippen LogP contribution in [0.3, 0.4) is 0 Å². The fourth-order valence-corrected chi connectivity index (χ4v) is 4.98. The van der Waals surface area contributed by atoms with Crippen LogP contribution in [0.4, 0.5) is 0 Å². The van der Waals surface area contributed by atoms with Gasteiger partial charge in [-0.3, -0.25) is 0 Å². The van der Waals surface area contributed by atoms with Crippen molar-refractivity contribution in [2.24, 2.45) is 0 Å². The number of fused-ring (bicyclic) bond motifs is 1. The molecule has 4 aromatic carbocycles. The molecular formula is C28H26O2S. The Morgan fingerprint density at radius 2 is 1.32 bits per heavy atom. The summed E-state index contributed by atoms with van der Waals surface area (Å²) in [5, 5.41) is 3.52. The van der Waals surface area contributed by atoms with Crippen LogP contribution in [0.25, 0.3) is 16.3 Å². The highest BCUT2D eigenvalue weighted by molar-refractivity contribution is 7.94. The largest absolute Gasteiger partial charge is 0.219 e. The molecule has 0 atom stereocenters. The van der Waals surface area contributed by atoms with E-state index in [2.05, 4.69) is 32.9 Å². The van der Waals surface area contributed by atoms with Crippen molar-refractivity contribution in [3.63, 3.8) is 0 Å². The summed E-state index contributed by atoms with van der Waals surface area (Å²) in [6, 6.07) is 30.9. The summed E-state index contributed by atoms with van der Waals surface area (Å²) >= 11 is 0. The molecule has 0 aromatic heterocycles. The van der Waals surface area contributed by atoms with Gasteiger partial charge in [0.2, 0.25) is 0 Å². The van der Waals surface area contributed by atoms with Crippen molar-refractivity contribution in [3.8, 4) is 0 Å². The lowest BCUT2D eigenvalue weighted by molar-refractivity contribution is 0.590. The molecule has 0 radical (unpaired) electrons. The van der Waals surface area contributed by atoms with E-state index in [0.29, 0.717) is 10.5 Å². The summed E-state index contributed by atoms with van der Waals surface area (Å²) in [7, 11) is -3.63. The van der Waals surface area contributed by atoms with Crippen molar-refractivity contribution in [1.82, 2.24) is 0 Å². The number of rotatable bonds is 4. The molecule has 0 bridgehead atoms. The summed E-state index contributed by atoms with van der Waals surface area (Å²) in [4.78, 5) is 0.291. The third-order valence-corrected chi connectivity index (χ3v) is 6.96. The van der Waals surface area contributed by atoms with Crippen molar-refractivity contribution in [2.45, 2.75) is 31.1 Å². The minimum absolute atomic E-state index is 0.0258. The van der Waals surface area contributed by atoms with E-state index in [-0.39, 0.29) is 5.41 Å².